The zero-order chi connectivity index (χ0) is 19.1. The van der Waals surface area contributed by atoms with Gasteiger partial charge in [0.2, 0.25) is 0 Å². The van der Waals surface area contributed by atoms with E-state index in [1.807, 2.05) is 0 Å². The lowest BCUT2D eigenvalue weighted by Gasteiger charge is -2.55. The van der Waals surface area contributed by atoms with E-state index in [2.05, 4.69) is 39.6 Å². The maximum atomic E-state index is 11.4. The second-order valence-electron chi connectivity index (χ2n) is 10.5. The Hall–Kier alpha value is -0.380. The second-order valence-corrected chi connectivity index (χ2v) is 10.5. The van der Waals surface area contributed by atoms with Gasteiger partial charge >= 0.3 is 0 Å². The van der Waals surface area contributed by atoms with Crippen molar-refractivity contribution in [2.45, 2.75) is 84.8 Å². The Balaban J connectivity index is 1.77. The molecule has 0 heterocycles. The van der Waals surface area contributed by atoms with Crippen LogP contribution in [0.4, 0.5) is 0 Å². The summed E-state index contributed by atoms with van der Waals surface area (Å²) >= 11 is 0. The summed E-state index contributed by atoms with van der Waals surface area (Å²) in [7, 11) is 0. The Bertz CT molecular complexity index is 518. The minimum absolute atomic E-state index is 0.119. The van der Waals surface area contributed by atoms with Crippen LogP contribution in [0.15, 0.2) is 12.2 Å². The van der Waals surface area contributed by atoms with E-state index in [0.717, 1.165) is 51.6 Å². The van der Waals surface area contributed by atoms with Gasteiger partial charge in [-0.2, -0.15) is 0 Å². The number of fused-ring (bicyclic) bond motifs is 1. The lowest BCUT2D eigenvalue weighted by molar-refractivity contribution is -0.118. The maximum Gasteiger partial charge on any atom is 0.0610 e. The predicted molar refractivity (Wildman–Crippen MR) is 108 cm³/mol. The van der Waals surface area contributed by atoms with Gasteiger partial charge in [0.05, 0.1) is 12.2 Å². The molecule has 0 aliphatic heterocycles. The summed E-state index contributed by atoms with van der Waals surface area (Å²) in [5.74, 6) is 1.81. The molecular formula is C23H41NO2. The molecule has 26 heavy (non-hydrogen) atoms. The summed E-state index contributed by atoms with van der Waals surface area (Å²) in [6, 6.07) is 0. The molecule has 3 aliphatic carbocycles. The van der Waals surface area contributed by atoms with Crippen molar-refractivity contribution in [1.82, 2.24) is 5.32 Å². The van der Waals surface area contributed by atoms with Gasteiger partial charge in [0.25, 0.3) is 0 Å². The monoisotopic (exact) mass is 363 g/mol. The Kier molecular flexibility index (Phi) is 5.92. The van der Waals surface area contributed by atoms with Crippen LogP contribution in [0.2, 0.25) is 0 Å². The Morgan fingerprint density at radius 3 is 2.54 bits per heavy atom. The molecule has 0 saturated heterocycles. The van der Waals surface area contributed by atoms with Crippen molar-refractivity contribution in [3.63, 3.8) is 0 Å². The van der Waals surface area contributed by atoms with Crippen molar-refractivity contribution in [2.24, 2.45) is 34.5 Å². The third-order valence-corrected chi connectivity index (χ3v) is 8.48. The fourth-order valence-corrected chi connectivity index (χ4v) is 6.48. The number of hydrogen-bond donors (Lipinski definition) is 3. The molecule has 2 unspecified atom stereocenters. The molecule has 150 valence electrons. The number of rotatable bonds is 5. The zero-order valence-electron chi connectivity index (χ0n) is 17.4. The van der Waals surface area contributed by atoms with Crippen LogP contribution in [-0.4, -0.2) is 35.5 Å². The highest BCUT2D eigenvalue weighted by Gasteiger charge is 2.56. The number of aliphatic hydroxyl groups excluding tert-OH is 2. The zero-order valence-corrected chi connectivity index (χ0v) is 17.4. The van der Waals surface area contributed by atoms with Gasteiger partial charge in [-0.05, 0) is 92.5 Å². The fraction of sp³-hybridized carbons (Fsp3) is 0.913. The van der Waals surface area contributed by atoms with Crippen molar-refractivity contribution in [3.05, 3.63) is 12.2 Å². The molecule has 3 nitrogen and oxygen atoms in total. The van der Waals surface area contributed by atoms with Gasteiger partial charge in [0, 0.05) is 0 Å². The first-order valence-electron chi connectivity index (χ1n) is 10.9. The average Bonchev–Trinajstić information content (AvgIpc) is 2.87. The van der Waals surface area contributed by atoms with E-state index in [9.17, 15) is 10.2 Å². The highest BCUT2D eigenvalue weighted by Crippen LogP contribution is 2.61. The third kappa shape index (κ3) is 3.52. The molecule has 0 aromatic rings. The van der Waals surface area contributed by atoms with Crippen LogP contribution in [0.5, 0.6) is 0 Å². The number of hydrogen-bond acceptors (Lipinski definition) is 3. The smallest absolute Gasteiger partial charge is 0.0610 e. The van der Waals surface area contributed by atoms with Crippen molar-refractivity contribution >= 4 is 0 Å². The topological polar surface area (TPSA) is 52.5 Å². The van der Waals surface area contributed by atoms with E-state index in [0.29, 0.717) is 23.7 Å². The van der Waals surface area contributed by atoms with Gasteiger partial charge in [-0.15, -0.1) is 0 Å². The summed E-state index contributed by atoms with van der Waals surface area (Å²) in [5.41, 5.74) is 1.62. The Labute approximate surface area is 160 Å². The molecule has 3 heteroatoms. The largest absolute Gasteiger partial charge is 0.393 e. The molecule has 0 spiro atoms. The van der Waals surface area contributed by atoms with Crippen LogP contribution >= 0.6 is 0 Å². The molecule has 0 amide bonds. The molecule has 3 rings (SSSR count). The number of aliphatic hydroxyl groups is 2. The van der Waals surface area contributed by atoms with Gasteiger partial charge < -0.3 is 15.5 Å². The van der Waals surface area contributed by atoms with E-state index < -0.39 is 0 Å². The molecule has 0 radical (unpaired) electrons. The molecule has 0 aromatic carbocycles. The van der Waals surface area contributed by atoms with Crippen LogP contribution in [0.1, 0.15) is 72.6 Å². The average molecular weight is 364 g/mol. The van der Waals surface area contributed by atoms with Crippen molar-refractivity contribution in [2.75, 3.05) is 13.1 Å². The first-order valence-corrected chi connectivity index (χ1v) is 10.9. The number of allylic oxidation sites excluding steroid dienone is 1. The fourth-order valence-electron chi connectivity index (χ4n) is 6.48. The highest BCUT2D eigenvalue weighted by atomic mass is 16.3. The summed E-state index contributed by atoms with van der Waals surface area (Å²) in [4.78, 5) is 0. The molecule has 7 atom stereocenters. The normalized spacial score (nSPS) is 46.6. The van der Waals surface area contributed by atoms with E-state index >= 15 is 0 Å². The molecule has 3 fully saturated rings. The standard InChI is InChI=1S/C23H41NO2/c1-15(2)13-24-14-17-12-18(25)8-10-23(17,5)20-9-11-22(4)16(3)6-7-19(22)21(20)26/h15,17-21,24-26H,3,6-14H2,1-2,4-5H3/t17-,18+,19?,20?,21-,22+,23+/m1/s1. The van der Waals surface area contributed by atoms with Gasteiger partial charge in [0.1, 0.15) is 0 Å². The van der Waals surface area contributed by atoms with Crippen LogP contribution in [0.25, 0.3) is 0 Å². The first kappa shape index (κ1) is 20.4. The van der Waals surface area contributed by atoms with Crippen LogP contribution in [-0.2, 0) is 0 Å². The third-order valence-electron chi connectivity index (χ3n) is 8.48. The van der Waals surface area contributed by atoms with Gasteiger partial charge in [0.15, 0.2) is 0 Å². The molecule has 3 saturated carbocycles. The van der Waals surface area contributed by atoms with Crippen molar-refractivity contribution in [3.8, 4) is 0 Å². The summed E-state index contributed by atoms with van der Waals surface area (Å²) in [6.07, 6.45) is 6.85. The Morgan fingerprint density at radius 2 is 1.85 bits per heavy atom. The van der Waals surface area contributed by atoms with E-state index in [1.165, 1.54) is 12.0 Å². The second kappa shape index (κ2) is 7.56. The van der Waals surface area contributed by atoms with E-state index in [4.69, 9.17) is 0 Å². The van der Waals surface area contributed by atoms with Crippen LogP contribution in [0, 0.1) is 34.5 Å². The van der Waals surface area contributed by atoms with Crippen LogP contribution < -0.4 is 5.32 Å². The molecule has 0 aromatic heterocycles. The summed E-state index contributed by atoms with van der Waals surface area (Å²) in [6.45, 7) is 15.5. The molecule has 3 aliphatic rings. The van der Waals surface area contributed by atoms with Crippen LogP contribution in [0.3, 0.4) is 0 Å². The SMILES string of the molecule is C=C1CCC2[C@@H](O)C([C@@]3(C)CC[C@H](O)C[C@@H]3CNCC(C)C)CC[C@@]12C. The first-order chi connectivity index (χ1) is 12.2. The summed E-state index contributed by atoms with van der Waals surface area (Å²) < 4.78 is 0. The van der Waals surface area contributed by atoms with Gasteiger partial charge in [-0.1, -0.05) is 39.8 Å². The quantitative estimate of drug-likeness (QED) is 0.643. The minimum Gasteiger partial charge on any atom is -0.393 e. The lowest BCUT2D eigenvalue weighted by atomic mass is 9.52. The van der Waals surface area contributed by atoms with Crippen molar-refractivity contribution < 1.29 is 10.2 Å². The molecular weight excluding hydrogens is 322 g/mol. The van der Waals surface area contributed by atoms with Gasteiger partial charge in [-0.25, -0.2) is 0 Å². The number of nitrogens with one attached hydrogen (secondary N) is 1. The Morgan fingerprint density at radius 1 is 1.12 bits per heavy atom. The van der Waals surface area contributed by atoms with Crippen molar-refractivity contribution in [1.29, 1.82) is 0 Å². The predicted octanol–water partition coefficient (Wildman–Crippen LogP) is 4.14. The van der Waals surface area contributed by atoms with E-state index in [-0.39, 0.29) is 23.0 Å². The van der Waals surface area contributed by atoms with E-state index in [1.54, 1.807) is 0 Å². The highest BCUT2D eigenvalue weighted by molar-refractivity contribution is 5.21. The lowest BCUT2D eigenvalue weighted by Crippen LogP contribution is -2.54. The summed E-state index contributed by atoms with van der Waals surface area (Å²) in [5, 5.41) is 25.4. The minimum atomic E-state index is -0.221. The molecule has 3 N–H and O–H groups in total. The molecule has 0 bridgehead atoms. The maximum absolute atomic E-state index is 11.4. The van der Waals surface area contributed by atoms with Gasteiger partial charge in [-0.3, -0.25) is 0 Å².